The van der Waals surface area contributed by atoms with Crippen LogP contribution in [0, 0.1) is 0 Å². The molecule has 0 radical (unpaired) electrons. The Morgan fingerprint density at radius 1 is 1.26 bits per heavy atom. The molecule has 0 aromatic carbocycles. The van der Waals surface area contributed by atoms with E-state index in [2.05, 4.69) is 0 Å². The number of rotatable bonds is 6. The van der Waals surface area contributed by atoms with Gasteiger partial charge in [-0.25, -0.2) is 9.59 Å². The van der Waals surface area contributed by atoms with Gasteiger partial charge in [0.05, 0.1) is 0 Å². The molecule has 1 atom stereocenters. The number of likely N-dealkylation sites (N-methyl/N-ethyl adjacent to an activating group) is 1. The lowest BCUT2D eigenvalue weighted by Gasteiger charge is -2.31. The number of carbonyl (C=O) groups is 2. The number of hydrogen-bond donors (Lipinski definition) is 1. The zero-order valence-corrected chi connectivity index (χ0v) is 12.1. The summed E-state index contributed by atoms with van der Waals surface area (Å²) in [5, 5.41) is 9.14. The first-order valence-electron chi connectivity index (χ1n) is 6.90. The van der Waals surface area contributed by atoms with Gasteiger partial charge in [0.15, 0.2) is 0 Å². The number of likely N-dealkylation sites (tertiary alicyclic amines) is 1. The van der Waals surface area contributed by atoms with Crippen molar-refractivity contribution in [1.82, 2.24) is 14.7 Å². The molecule has 0 unspecified atom stereocenters. The van der Waals surface area contributed by atoms with Gasteiger partial charge in [-0.05, 0) is 33.4 Å². The van der Waals surface area contributed by atoms with Gasteiger partial charge in [-0.1, -0.05) is 6.92 Å². The second-order valence-electron chi connectivity index (χ2n) is 5.26. The van der Waals surface area contributed by atoms with E-state index in [1.807, 2.05) is 25.9 Å². The Morgan fingerprint density at radius 2 is 1.95 bits per heavy atom. The third-order valence-electron chi connectivity index (χ3n) is 3.36. The molecule has 1 saturated heterocycles. The molecule has 0 aromatic rings. The molecule has 6 nitrogen and oxygen atoms in total. The molecule has 1 fully saturated rings. The van der Waals surface area contributed by atoms with E-state index in [-0.39, 0.29) is 6.03 Å². The molecule has 0 spiro atoms. The standard InChI is InChI=1S/C13H25N3O3/c1-4-7-15(10-9-14(2)3)13(19)16-8-5-6-11(16)12(17)18/h11H,4-10H2,1-3H3,(H,17,18)/t11-/m0/s1. The topological polar surface area (TPSA) is 64.1 Å². The van der Waals surface area contributed by atoms with Crippen molar-refractivity contribution >= 4 is 12.0 Å². The average Bonchev–Trinajstić information content (AvgIpc) is 2.82. The van der Waals surface area contributed by atoms with E-state index in [1.54, 1.807) is 4.90 Å². The van der Waals surface area contributed by atoms with E-state index in [9.17, 15) is 9.59 Å². The predicted molar refractivity (Wildman–Crippen MR) is 73.2 cm³/mol. The highest BCUT2D eigenvalue weighted by Crippen LogP contribution is 2.19. The molecule has 0 aliphatic carbocycles. The Labute approximate surface area is 115 Å². The summed E-state index contributed by atoms with van der Waals surface area (Å²) in [6.45, 7) is 4.68. The van der Waals surface area contributed by atoms with Crippen LogP contribution < -0.4 is 0 Å². The summed E-state index contributed by atoms with van der Waals surface area (Å²) < 4.78 is 0. The maximum atomic E-state index is 12.4. The van der Waals surface area contributed by atoms with Gasteiger partial charge in [0.25, 0.3) is 0 Å². The van der Waals surface area contributed by atoms with Crippen molar-refractivity contribution in [3.63, 3.8) is 0 Å². The van der Waals surface area contributed by atoms with Gasteiger partial charge in [0, 0.05) is 26.2 Å². The Bertz CT molecular complexity index is 320. The molecule has 2 amide bonds. The lowest BCUT2D eigenvalue weighted by atomic mass is 10.2. The number of urea groups is 1. The van der Waals surface area contributed by atoms with Gasteiger partial charge in [0.1, 0.15) is 6.04 Å². The Kier molecular flexibility index (Phi) is 6.08. The molecule has 0 saturated carbocycles. The molecule has 1 heterocycles. The highest BCUT2D eigenvalue weighted by molar-refractivity contribution is 5.83. The van der Waals surface area contributed by atoms with Gasteiger partial charge in [0.2, 0.25) is 0 Å². The van der Waals surface area contributed by atoms with Crippen molar-refractivity contribution in [2.75, 3.05) is 40.3 Å². The molecular weight excluding hydrogens is 246 g/mol. The van der Waals surface area contributed by atoms with Gasteiger partial charge in [-0.3, -0.25) is 0 Å². The van der Waals surface area contributed by atoms with E-state index in [0.717, 1.165) is 19.4 Å². The summed E-state index contributed by atoms with van der Waals surface area (Å²) in [5.74, 6) is -0.894. The molecule has 1 aliphatic rings. The van der Waals surface area contributed by atoms with Gasteiger partial charge in [-0.15, -0.1) is 0 Å². The lowest BCUT2D eigenvalue weighted by Crippen LogP contribution is -2.49. The lowest BCUT2D eigenvalue weighted by molar-refractivity contribution is -0.141. The van der Waals surface area contributed by atoms with E-state index < -0.39 is 12.0 Å². The van der Waals surface area contributed by atoms with Crippen LogP contribution in [0.4, 0.5) is 4.79 Å². The number of aliphatic carboxylic acids is 1. The largest absolute Gasteiger partial charge is 0.480 e. The predicted octanol–water partition coefficient (Wildman–Crippen LogP) is 0.929. The van der Waals surface area contributed by atoms with Crippen molar-refractivity contribution in [2.24, 2.45) is 0 Å². The van der Waals surface area contributed by atoms with Gasteiger partial charge >= 0.3 is 12.0 Å². The van der Waals surface area contributed by atoms with Crippen LogP contribution in [-0.2, 0) is 4.79 Å². The summed E-state index contributed by atoms with van der Waals surface area (Å²) in [6.07, 6.45) is 2.22. The average molecular weight is 271 g/mol. The maximum Gasteiger partial charge on any atom is 0.326 e. The highest BCUT2D eigenvalue weighted by Gasteiger charge is 2.35. The Morgan fingerprint density at radius 3 is 2.47 bits per heavy atom. The Hall–Kier alpha value is -1.30. The van der Waals surface area contributed by atoms with Crippen molar-refractivity contribution < 1.29 is 14.7 Å². The SMILES string of the molecule is CCCN(CCN(C)C)C(=O)N1CCC[C@H]1C(=O)O. The fourth-order valence-electron chi connectivity index (χ4n) is 2.33. The van der Waals surface area contributed by atoms with Crippen LogP contribution >= 0.6 is 0 Å². The van der Waals surface area contributed by atoms with Crippen LogP contribution in [0.25, 0.3) is 0 Å². The van der Waals surface area contributed by atoms with Gasteiger partial charge in [-0.2, -0.15) is 0 Å². The molecule has 0 bridgehead atoms. The molecule has 1 rings (SSSR count). The molecule has 19 heavy (non-hydrogen) atoms. The minimum absolute atomic E-state index is 0.131. The number of carboxylic acid groups (broad SMARTS) is 1. The molecule has 1 N–H and O–H groups in total. The van der Waals surface area contributed by atoms with Crippen molar-refractivity contribution in [2.45, 2.75) is 32.2 Å². The van der Waals surface area contributed by atoms with Crippen LogP contribution in [0.2, 0.25) is 0 Å². The van der Waals surface area contributed by atoms with Crippen LogP contribution in [0.1, 0.15) is 26.2 Å². The van der Waals surface area contributed by atoms with E-state index >= 15 is 0 Å². The summed E-state index contributed by atoms with van der Waals surface area (Å²) >= 11 is 0. The highest BCUT2D eigenvalue weighted by atomic mass is 16.4. The van der Waals surface area contributed by atoms with Crippen molar-refractivity contribution in [1.29, 1.82) is 0 Å². The fraction of sp³-hybridized carbons (Fsp3) is 0.846. The molecule has 0 aromatic heterocycles. The summed E-state index contributed by atoms with van der Waals surface area (Å²) in [6, 6.07) is -0.778. The number of carbonyl (C=O) groups excluding carboxylic acids is 1. The minimum Gasteiger partial charge on any atom is -0.480 e. The second-order valence-corrected chi connectivity index (χ2v) is 5.26. The smallest absolute Gasteiger partial charge is 0.326 e. The van der Waals surface area contributed by atoms with Crippen LogP contribution in [0.15, 0.2) is 0 Å². The van der Waals surface area contributed by atoms with Gasteiger partial charge < -0.3 is 19.8 Å². The summed E-state index contributed by atoms with van der Waals surface area (Å²) in [4.78, 5) is 28.9. The molecular formula is C13H25N3O3. The van der Waals surface area contributed by atoms with E-state index in [0.29, 0.717) is 26.1 Å². The summed E-state index contributed by atoms with van der Waals surface area (Å²) in [5.41, 5.74) is 0. The first kappa shape index (κ1) is 15.8. The maximum absolute atomic E-state index is 12.4. The third-order valence-corrected chi connectivity index (χ3v) is 3.36. The number of hydrogen-bond acceptors (Lipinski definition) is 3. The minimum atomic E-state index is -0.894. The fourth-order valence-corrected chi connectivity index (χ4v) is 2.33. The normalized spacial score (nSPS) is 18.9. The van der Waals surface area contributed by atoms with Crippen molar-refractivity contribution in [3.05, 3.63) is 0 Å². The zero-order valence-electron chi connectivity index (χ0n) is 12.1. The van der Waals surface area contributed by atoms with Crippen LogP contribution in [0.3, 0.4) is 0 Å². The number of nitrogens with zero attached hydrogens (tertiary/aromatic N) is 3. The second kappa shape index (κ2) is 7.33. The van der Waals surface area contributed by atoms with E-state index in [4.69, 9.17) is 5.11 Å². The summed E-state index contributed by atoms with van der Waals surface area (Å²) in [7, 11) is 3.93. The molecule has 1 aliphatic heterocycles. The van der Waals surface area contributed by atoms with Crippen LogP contribution in [0.5, 0.6) is 0 Å². The number of carboxylic acids is 1. The zero-order chi connectivity index (χ0) is 14.4. The first-order valence-corrected chi connectivity index (χ1v) is 6.90. The van der Waals surface area contributed by atoms with Crippen LogP contribution in [-0.4, -0.2) is 78.1 Å². The number of amides is 2. The first-order chi connectivity index (χ1) is 8.97. The van der Waals surface area contributed by atoms with E-state index in [1.165, 1.54) is 4.90 Å². The molecule has 110 valence electrons. The quantitative estimate of drug-likeness (QED) is 0.780. The van der Waals surface area contributed by atoms with Crippen molar-refractivity contribution in [3.8, 4) is 0 Å². The Balaban J connectivity index is 2.66. The third kappa shape index (κ3) is 4.38. The monoisotopic (exact) mass is 271 g/mol. The molecule has 6 heteroatoms.